The van der Waals surface area contributed by atoms with E-state index in [0.29, 0.717) is 6.42 Å². The number of hydrogen-bond donors (Lipinski definition) is 1. The van der Waals surface area contributed by atoms with Gasteiger partial charge in [-0.05, 0) is 30.7 Å². The Morgan fingerprint density at radius 1 is 0.952 bits per heavy atom. The number of halogens is 3. The molecule has 0 amide bonds. The van der Waals surface area contributed by atoms with E-state index < -0.39 is 12.1 Å². The first-order chi connectivity index (χ1) is 10.0. The van der Waals surface area contributed by atoms with Crippen molar-refractivity contribution in [2.45, 2.75) is 37.9 Å². The van der Waals surface area contributed by atoms with Gasteiger partial charge < -0.3 is 5.32 Å². The lowest BCUT2D eigenvalue weighted by Gasteiger charge is -2.31. The van der Waals surface area contributed by atoms with Crippen molar-refractivity contribution in [1.82, 2.24) is 0 Å². The smallest absolute Gasteiger partial charge is 0.382 e. The van der Waals surface area contributed by atoms with Crippen molar-refractivity contribution in [1.29, 1.82) is 0 Å². The van der Waals surface area contributed by atoms with Crippen LogP contribution in [-0.4, -0.2) is 12.2 Å². The second kappa shape index (κ2) is 5.58. The fourth-order valence-corrected chi connectivity index (χ4v) is 3.19. The zero-order chi connectivity index (χ0) is 14.9. The number of rotatable bonds is 2. The summed E-state index contributed by atoms with van der Waals surface area (Å²) >= 11 is 0. The molecule has 3 rings (SSSR count). The van der Waals surface area contributed by atoms with E-state index in [-0.39, 0.29) is 18.9 Å². The van der Waals surface area contributed by atoms with Crippen molar-refractivity contribution in [3.63, 3.8) is 0 Å². The summed E-state index contributed by atoms with van der Waals surface area (Å²) in [4.78, 5) is 0. The first-order valence-corrected chi connectivity index (χ1v) is 7.35. The van der Waals surface area contributed by atoms with Gasteiger partial charge in [-0.2, -0.15) is 13.2 Å². The molecule has 1 nitrogen and oxygen atoms in total. The van der Waals surface area contributed by atoms with Gasteiger partial charge in [0.1, 0.15) is 0 Å². The second-order valence-electron chi connectivity index (χ2n) is 5.77. The van der Waals surface area contributed by atoms with Crippen LogP contribution in [0.5, 0.6) is 0 Å². The van der Waals surface area contributed by atoms with Gasteiger partial charge in [0.25, 0.3) is 0 Å². The number of hydrogen-bond acceptors (Lipinski definition) is 1. The van der Waals surface area contributed by atoms with Crippen molar-refractivity contribution >= 4 is 16.5 Å². The molecule has 2 unspecified atom stereocenters. The van der Waals surface area contributed by atoms with Crippen LogP contribution >= 0.6 is 0 Å². The van der Waals surface area contributed by atoms with E-state index in [2.05, 4.69) is 5.32 Å². The van der Waals surface area contributed by atoms with Gasteiger partial charge in [-0.1, -0.05) is 42.8 Å². The van der Waals surface area contributed by atoms with Gasteiger partial charge in [0.05, 0.1) is 5.92 Å². The fraction of sp³-hybridized carbons (Fsp3) is 0.412. The van der Waals surface area contributed by atoms with Gasteiger partial charge in [-0.3, -0.25) is 0 Å². The van der Waals surface area contributed by atoms with Crippen LogP contribution in [0.4, 0.5) is 18.9 Å². The molecule has 0 aliphatic heterocycles. The highest BCUT2D eigenvalue weighted by Crippen LogP contribution is 2.38. The van der Waals surface area contributed by atoms with E-state index in [0.717, 1.165) is 22.9 Å². The summed E-state index contributed by atoms with van der Waals surface area (Å²) in [6.07, 6.45) is -2.20. The highest BCUT2D eigenvalue weighted by atomic mass is 19.4. The predicted octanol–water partition coefficient (Wildman–Crippen LogP) is 5.37. The van der Waals surface area contributed by atoms with E-state index in [1.165, 1.54) is 0 Å². The molecule has 2 aromatic carbocycles. The van der Waals surface area contributed by atoms with Crippen molar-refractivity contribution in [2.75, 3.05) is 5.32 Å². The lowest BCUT2D eigenvalue weighted by atomic mass is 9.85. The Morgan fingerprint density at radius 2 is 1.71 bits per heavy atom. The Kier molecular flexibility index (Phi) is 3.79. The van der Waals surface area contributed by atoms with E-state index in [1.54, 1.807) is 0 Å². The minimum absolute atomic E-state index is 0.101. The standard InChI is InChI=1S/C17H18F3N/c18-17(19,20)13-7-4-8-14(11-13)21-16-10-3-6-12-5-1-2-9-15(12)16/h1-3,5-6,9-10,13-14,21H,4,7-8,11H2. The molecular formula is C17H18F3N. The van der Waals surface area contributed by atoms with Crippen molar-refractivity contribution in [2.24, 2.45) is 5.92 Å². The summed E-state index contributed by atoms with van der Waals surface area (Å²) in [5, 5.41) is 5.49. The van der Waals surface area contributed by atoms with Crippen LogP contribution in [0.3, 0.4) is 0 Å². The Bertz CT molecular complexity index is 615. The molecule has 2 aromatic rings. The molecule has 0 spiro atoms. The molecular weight excluding hydrogens is 275 g/mol. The Morgan fingerprint density at radius 3 is 2.52 bits per heavy atom. The Hall–Kier alpha value is -1.71. The maximum Gasteiger partial charge on any atom is 0.391 e. The van der Waals surface area contributed by atoms with Crippen molar-refractivity contribution < 1.29 is 13.2 Å². The van der Waals surface area contributed by atoms with Crippen LogP contribution in [0.25, 0.3) is 10.8 Å². The number of fused-ring (bicyclic) bond motifs is 1. The normalized spacial score (nSPS) is 23.2. The third kappa shape index (κ3) is 3.14. The van der Waals surface area contributed by atoms with Crippen LogP contribution in [0, 0.1) is 5.92 Å². The minimum atomic E-state index is -4.07. The predicted molar refractivity (Wildman–Crippen MR) is 79.4 cm³/mol. The zero-order valence-electron chi connectivity index (χ0n) is 11.7. The van der Waals surface area contributed by atoms with Gasteiger partial charge in [-0.25, -0.2) is 0 Å². The third-order valence-electron chi connectivity index (χ3n) is 4.29. The highest BCUT2D eigenvalue weighted by Gasteiger charge is 2.42. The molecule has 112 valence electrons. The monoisotopic (exact) mass is 293 g/mol. The Labute approximate surface area is 122 Å². The SMILES string of the molecule is FC(F)(F)C1CCCC(Nc2cccc3ccccc23)C1. The summed E-state index contributed by atoms with van der Waals surface area (Å²) in [6, 6.07) is 13.7. The average molecular weight is 293 g/mol. The molecule has 1 fully saturated rings. The minimum Gasteiger partial charge on any atom is -0.382 e. The van der Waals surface area contributed by atoms with Gasteiger partial charge in [-0.15, -0.1) is 0 Å². The van der Waals surface area contributed by atoms with E-state index >= 15 is 0 Å². The summed E-state index contributed by atoms with van der Waals surface area (Å²) in [7, 11) is 0. The molecule has 2 atom stereocenters. The molecule has 1 saturated carbocycles. The van der Waals surface area contributed by atoms with E-state index in [4.69, 9.17) is 0 Å². The van der Waals surface area contributed by atoms with Crippen molar-refractivity contribution in [3.8, 4) is 0 Å². The van der Waals surface area contributed by atoms with Crippen LogP contribution in [0.2, 0.25) is 0 Å². The summed E-state index contributed by atoms with van der Waals surface area (Å²) < 4.78 is 38.6. The van der Waals surface area contributed by atoms with Crippen LogP contribution in [-0.2, 0) is 0 Å². The van der Waals surface area contributed by atoms with Crippen LogP contribution in [0.15, 0.2) is 42.5 Å². The first kappa shape index (κ1) is 14.2. The molecule has 0 saturated heterocycles. The van der Waals surface area contributed by atoms with Crippen LogP contribution < -0.4 is 5.32 Å². The van der Waals surface area contributed by atoms with Gasteiger partial charge in [0, 0.05) is 17.1 Å². The summed E-state index contributed by atoms with van der Waals surface area (Å²) in [6.45, 7) is 0. The average Bonchev–Trinajstić information content (AvgIpc) is 2.47. The number of anilines is 1. The number of benzene rings is 2. The fourth-order valence-electron chi connectivity index (χ4n) is 3.19. The molecule has 1 aliphatic rings. The van der Waals surface area contributed by atoms with Gasteiger partial charge in [0.15, 0.2) is 0 Å². The van der Waals surface area contributed by atoms with Crippen molar-refractivity contribution in [3.05, 3.63) is 42.5 Å². The van der Waals surface area contributed by atoms with E-state index in [9.17, 15) is 13.2 Å². The number of alkyl halides is 3. The number of nitrogens with one attached hydrogen (secondary N) is 1. The molecule has 0 bridgehead atoms. The third-order valence-corrected chi connectivity index (χ3v) is 4.29. The summed E-state index contributed by atoms with van der Waals surface area (Å²) in [5.41, 5.74) is 0.931. The molecule has 1 N–H and O–H groups in total. The molecule has 21 heavy (non-hydrogen) atoms. The Balaban J connectivity index is 1.79. The quantitative estimate of drug-likeness (QED) is 0.784. The molecule has 4 heteroatoms. The second-order valence-corrected chi connectivity index (χ2v) is 5.77. The zero-order valence-corrected chi connectivity index (χ0v) is 11.7. The molecule has 0 heterocycles. The maximum absolute atomic E-state index is 12.9. The lowest BCUT2D eigenvalue weighted by Crippen LogP contribution is -2.34. The molecule has 0 aromatic heterocycles. The largest absolute Gasteiger partial charge is 0.391 e. The first-order valence-electron chi connectivity index (χ1n) is 7.35. The summed E-state index contributed by atoms with van der Waals surface area (Å²) in [5.74, 6) is -1.17. The molecule has 1 aliphatic carbocycles. The highest BCUT2D eigenvalue weighted by molar-refractivity contribution is 5.93. The van der Waals surface area contributed by atoms with E-state index in [1.807, 2.05) is 42.5 Å². The van der Waals surface area contributed by atoms with Gasteiger partial charge >= 0.3 is 6.18 Å². The van der Waals surface area contributed by atoms with Crippen LogP contribution in [0.1, 0.15) is 25.7 Å². The topological polar surface area (TPSA) is 12.0 Å². The molecule has 0 radical (unpaired) electrons. The maximum atomic E-state index is 12.9. The van der Waals surface area contributed by atoms with Gasteiger partial charge in [0.2, 0.25) is 0 Å². The lowest BCUT2D eigenvalue weighted by molar-refractivity contribution is -0.182.